The van der Waals surface area contributed by atoms with Crippen LogP contribution in [0, 0.1) is 0 Å². The van der Waals surface area contributed by atoms with Gasteiger partial charge >= 0.3 is 0 Å². The van der Waals surface area contributed by atoms with Gasteiger partial charge in [0, 0.05) is 12.2 Å². The smallest absolute Gasteiger partial charge is 0.103 e. The van der Waals surface area contributed by atoms with Crippen molar-refractivity contribution < 1.29 is 4.74 Å². The largest absolute Gasteiger partial charge is 0.498 e. The highest BCUT2D eigenvalue weighted by Gasteiger charge is 2.01. The van der Waals surface area contributed by atoms with Crippen molar-refractivity contribution in [1.82, 2.24) is 0 Å². The summed E-state index contributed by atoms with van der Waals surface area (Å²) in [5.74, 6) is 1.78. The van der Waals surface area contributed by atoms with Gasteiger partial charge in [0.05, 0.1) is 6.61 Å². The summed E-state index contributed by atoms with van der Waals surface area (Å²) in [6.07, 6.45) is 4.92. The van der Waals surface area contributed by atoms with Crippen LogP contribution in [0.2, 0.25) is 0 Å². The first kappa shape index (κ1) is 13.4. The highest BCUT2D eigenvalue weighted by atomic mass is 32.1. The minimum atomic E-state index is 0.703. The van der Waals surface area contributed by atoms with E-state index < -0.39 is 0 Å². The van der Waals surface area contributed by atoms with Crippen molar-refractivity contribution in [3.63, 3.8) is 0 Å². The molecule has 0 aliphatic rings. The van der Waals surface area contributed by atoms with E-state index in [-0.39, 0.29) is 0 Å². The zero-order valence-electron chi connectivity index (χ0n) is 9.34. The number of ether oxygens (including phenoxy) is 1. The van der Waals surface area contributed by atoms with Crippen molar-refractivity contribution in [2.75, 3.05) is 12.4 Å². The van der Waals surface area contributed by atoms with Crippen molar-refractivity contribution in [1.29, 1.82) is 0 Å². The fraction of sp³-hybridized carbons (Fsp3) is 0.500. The lowest BCUT2D eigenvalue weighted by atomic mass is 10.1. The van der Waals surface area contributed by atoms with Gasteiger partial charge in [-0.2, -0.15) is 12.6 Å². The van der Waals surface area contributed by atoms with Crippen molar-refractivity contribution in [3.05, 3.63) is 35.6 Å². The number of hydrogen-bond acceptors (Lipinski definition) is 2. The predicted molar refractivity (Wildman–Crippen MR) is 66.8 cm³/mol. The molecule has 14 heavy (non-hydrogen) atoms. The molecule has 0 atom stereocenters. The second-order valence-corrected chi connectivity index (χ2v) is 3.48. The molecule has 0 spiro atoms. The number of thiol groups is 1. The second kappa shape index (κ2) is 7.74. The molecule has 0 unspecified atom stereocenters. The Hall–Kier alpha value is -0.630. The van der Waals surface area contributed by atoms with Gasteiger partial charge in [-0.25, -0.2) is 0 Å². The highest BCUT2D eigenvalue weighted by Crippen LogP contribution is 2.17. The van der Waals surface area contributed by atoms with Crippen molar-refractivity contribution in [2.45, 2.75) is 27.2 Å². The average molecular weight is 212 g/mol. The van der Waals surface area contributed by atoms with Gasteiger partial charge in [0.2, 0.25) is 0 Å². The quantitative estimate of drug-likeness (QED) is 0.305. The fourth-order valence-corrected chi connectivity index (χ4v) is 1.15. The standard InChI is InChI=1S/C12H20OS/c1-5-13-12(8-6-7-9-14)11(4)10(2)3/h6-7,14H,2,5,8-9H2,1,3-4H3. The van der Waals surface area contributed by atoms with Gasteiger partial charge in [-0.15, -0.1) is 0 Å². The molecule has 0 rings (SSSR count). The topological polar surface area (TPSA) is 9.23 Å². The number of rotatable bonds is 6. The molecule has 0 aliphatic carbocycles. The van der Waals surface area contributed by atoms with E-state index in [4.69, 9.17) is 4.74 Å². The van der Waals surface area contributed by atoms with E-state index in [9.17, 15) is 0 Å². The third-order valence-electron chi connectivity index (χ3n) is 1.95. The molecule has 0 aromatic heterocycles. The van der Waals surface area contributed by atoms with Crippen LogP contribution in [0.5, 0.6) is 0 Å². The Labute approximate surface area is 93.0 Å². The molecule has 0 aromatic rings. The summed E-state index contributed by atoms with van der Waals surface area (Å²) in [6, 6.07) is 0. The van der Waals surface area contributed by atoms with E-state index >= 15 is 0 Å². The Morgan fingerprint density at radius 3 is 2.43 bits per heavy atom. The van der Waals surface area contributed by atoms with Gasteiger partial charge in [-0.1, -0.05) is 24.3 Å². The van der Waals surface area contributed by atoms with Crippen molar-refractivity contribution in [2.24, 2.45) is 0 Å². The Kier molecular flexibility index (Phi) is 7.40. The maximum absolute atomic E-state index is 5.55. The molecule has 1 nitrogen and oxygen atoms in total. The van der Waals surface area contributed by atoms with E-state index in [0.717, 1.165) is 29.1 Å². The maximum Gasteiger partial charge on any atom is 0.103 e. The Morgan fingerprint density at radius 2 is 2.00 bits per heavy atom. The minimum absolute atomic E-state index is 0.703. The first-order valence-electron chi connectivity index (χ1n) is 4.87. The normalized spacial score (nSPS) is 12.9. The Balaban J connectivity index is 4.49. The van der Waals surface area contributed by atoms with Crippen LogP contribution in [0.15, 0.2) is 35.6 Å². The molecule has 0 saturated carbocycles. The average Bonchev–Trinajstić information content (AvgIpc) is 2.15. The maximum atomic E-state index is 5.55. The van der Waals surface area contributed by atoms with Crippen LogP contribution in [0.25, 0.3) is 0 Å². The lowest BCUT2D eigenvalue weighted by Gasteiger charge is -2.11. The summed E-state index contributed by atoms with van der Waals surface area (Å²) in [7, 11) is 0. The van der Waals surface area contributed by atoms with Crippen molar-refractivity contribution >= 4 is 12.6 Å². The van der Waals surface area contributed by atoms with Gasteiger partial charge in [-0.05, 0) is 26.3 Å². The van der Waals surface area contributed by atoms with Gasteiger partial charge < -0.3 is 4.74 Å². The van der Waals surface area contributed by atoms with Gasteiger partial charge in [-0.3, -0.25) is 0 Å². The summed E-state index contributed by atoms with van der Waals surface area (Å²) in [5, 5.41) is 0. The zero-order valence-corrected chi connectivity index (χ0v) is 10.2. The van der Waals surface area contributed by atoms with Gasteiger partial charge in [0.1, 0.15) is 5.76 Å². The molecule has 0 aliphatic heterocycles. The summed E-state index contributed by atoms with van der Waals surface area (Å²) in [5.41, 5.74) is 2.21. The lowest BCUT2D eigenvalue weighted by molar-refractivity contribution is 0.221. The third-order valence-corrected chi connectivity index (χ3v) is 2.16. The molecule has 80 valence electrons. The van der Waals surface area contributed by atoms with Crippen LogP contribution in [0.4, 0.5) is 0 Å². The summed E-state index contributed by atoms with van der Waals surface area (Å²) in [6.45, 7) is 10.6. The lowest BCUT2D eigenvalue weighted by Crippen LogP contribution is -1.95. The van der Waals surface area contributed by atoms with Crippen LogP contribution in [0.1, 0.15) is 27.2 Å². The van der Waals surface area contributed by atoms with Crippen LogP contribution >= 0.6 is 12.6 Å². The van der Waals surface area contributed by atoms with E-state index in [1.165, 1.54) is 0 Å². The fourth-order valence-electron chi connectivity index (χ4n) is 0.997. The number of allylic oxidation sites excluding steroid dienone is 3. The van der Waals surface area contributed by atoms with Crippen LogP contribution < -0.4 is 0 Å². The first-order valence-corrected chi connectivity index (χ1v) is 5.51. The summed E-state index contributed by atoms with van der Waals surface area (Å²) >= 11 is 4.11. The van der Waals surface area contributed by atoms with Crippen LogP contribution in [0.3, 0.4) is 0 Å². The molecule has 2 heteroatoms. The zero-order chi connectivity index (χ0) is 11.0. The van der Waals surface area contributed by atoms with Crippen molar-refractivity contribution in [3.8, 4) is 0 Å². The molecule has 0 heterocycles. The first-order chi connectivity index (χ1) is 6.63. The van der Waals surface area contributed by atoms with Crippen LogP contribution in [-0.2, 0) is 4.74 Å². The molecule has 0 fully saturated rings. The summed E-state index contributed by atoms with van der Waals surface area (Å²) in [4.78, 5) is 0. The SMILES string of the molecule is C=C(C)C(C)=C(CC=CCS)OCC. The highest BCUT2D eigenvalue weighted by molar-refractivity contribution is 7.80. The molecule has 0 saturated heterocycles. The van der Waals surface area contributed by atoms with E-state index in [1.54, 1.807) is 0 Å². The molecule has 0 bridgehead atoms. The van der Waals surface area contributed by atoms with E-state index in [0.29, 0.717) is 6.61 Å². The van der Waals surface area contributed by atoms with Gasteiger partial charge in [0.25, 0.3) is 0 Å². The molecule has 0 N–H and O–H groups in total. The van der Waals surface area contributed by atoms with E-state index in [1.807, 2.05) is 26.8 Å². The molecule has 0 amide bonds. The van der Waals surface area contributed by atoms with Gasteiger partial charge in [0.15, 0.2) is 0 Å². The Bertz CT molecular complexity index is 239. The summed E-state index contributed by atoms with van der Waals surface area (Å²) < 4.78 is 5.55. The second-order valence-electron chi connectivity index (χ2n) is 3.12. The predicted octanol–water partition coefficient (Wildman–Crippen LogP) is 3.75. The molecule has 0 aromatic carbocycles. The number of hydrogen-bond donors (Lipinski definition) is 1. The Morgan fingerprint density at radius 1 is 1.36 bits per heavy atom. The van der Waals surface area contributed by atoms with E-state index in [2.05, 4.69) is 25.3 Å². The molecule has 0 radical (unpaired) electrons. The molecular formula is C12H20OS. The third kappa shape index (κ3) is 5.18. The monoisotopic (exact) mass is 212 g/mol. The molecular weight excluding hydrogens is 192 g/mol. The van der Waals surface area contributed by atoms with Crippen LogP contribution in [-0.4, -0.2) is 12.4 Å². The minimum Gasteiger partial charge on any atom is -0.498 e.